The number of aryl methyl sites for hydroxylation is 1. The lowest BCUT2D eigenvalue weighted by Crippen LogP contribution is -2.43. The Labute approximate surface area is 126 Å². The zero-order valence-corrected chi connectivity index (χ0v) is 13.4. The quantitative estimate of drug-likeness (QED) is 0.855. The van der Waals surface area contributed by atoms with Crippen LogP contribution in [0.2, 0.25) is 5.28 Å². The van der Waals surface area contributed by atoms with Crippen LogP contribution in [0, 0.1) is 6.92 Å². The summed E-state index contributed by atoms with van der Waals surface area (Å²) in [4.78, 5) is 22.1. The van der Waals surface area contributed by atoms with E-state index in [4.69, 9.17) is 11.6 Å². The highest BCUT2D eigenvalue weighted by molar-refractivity contribution is 7.18. The number of carbonyl (C=O) groups is 1. The van der Waals surface area contributed by atoms with Crippen molar-refractivity contribution in [3.8, 4) is 0 Å². The molecule has 0 unspecified atom stereocenters. The van der Waals surface area contributed by atoms with Crippen molar-refractivity contribution in [2.24, 2.45) is 0 Å². The standard InChI is InChI=1S/C13H17ClN4OS/c1-7-5-8-10(16-12(14)17-11(8)20-7)15-6-9(19)18-13(2,3)4/h5H,6H2,1-4H3,(H,18,19)(H,15,16,17). The van der Waals surface area contributed by atoms with Crippen LogP contribution in [0.25, 0.3) is 10.2 Å². The second-order valence-corrected chi connectivity index (χ2v) is 7.14. The predicted molar refractivity (Wildman–Crippen MR) is 83.5 cm³/mol. The Morgan fingerprint density at radius 3 is 2.75 bits per heavy atom. The molecule has 108 valence electrons. The summed E-state index contributed by atoms with van der Waals surface area (Å²) < 4.78 is 0. The highest BCUT2D eigenvalue weighted by Gasteiger charge is 2.15. The molecule has 7 heteroatoms. The summed E-state index contributed by atoms with van der Waals surface area (Å²) in [6.45, 7) is 7.96. The zero-order valence-electron chi connectivity index (χ0n) is 11.9. The molecule has 0 spiro atoms. The Morgan fingerprint density at radius 1 is 1.40 bits per heavy atom. The molecule has 0 fully saturated rings. The molecule has 0 aliphatic rings. The normalized spacial score (nSPS) is 11.7. The van der Waals surface area contributed by atoms with E-state index >= 15 is 0 Å². The summed E-state index contributed by atoms with van der Waals surface area (Å²) in [5.74, 6) is 0.501. The van der Waals surface area contributed by atoms with Gasteiger partial charge in [-0.1, -0.05) is 0 Å². The molecule has 0 atom stereocenters. The number of thiophene rings is 1. The van der Waals surface area contributed by atoms with E-state index in [9.17, 15) is 4.79 Å². The molecule has 2 aromatic heterocycles. The maximum absolute atomic E-state index is 11.8. The summed E-state index contributed by atoms with van der Waals surface area (Å²) in [7, 11) is 0. The molecular weight excluding hydrogens is 296 g/mol. The summed E-state index contributed by atoms with van der Waals surface area (Å²) in [6, 6.07) is 1.99. The molecule has 0 bridgehead atoms. The Hall–Kier alpha value is -1.40. The van der Waals surface area contributed by atoms with Crippen LogP contribution in [0.1, 0.15) is 25.6 Å². The van der Waals surface area contributed by atoms with Crippen molar-refractivity contribution < 1.29 is 4.79 Å². The van der Waals surface area contributed by atoms with Gasteiger partial charge in [0.2, 0.25) is 11.2 Å². The minimum absolute atomic E-state index is 0.0904. The van der Waals surface area contributed by atoms with E-state index in [-0.39, 0.29) is 23.3 Å². The van der Waals surface area contributed by atoms with Crippen LogP contribution in [0.3, 0.4) is 0 Å². The van der Waals surface area contributed by atoms with Crippen molar-refractivity contribution in [3.05, 3.63) is 16.2 Å². The molecule has 5 nitrogen and oxygen atoms in total. The van der Waals surface area contributed by atoms with Crippen molar-refractivity contribution in [3.63, 3.8) is 0 Å². The van der Waals surface area contributed by atoms with Crippen LogP contribution in [0.5, 0.6) is 0 Å². The number of halogens is 1. The van der Waals surface area contributed by atoms with Crippen molar-refractivity contribution in [2.45, 2.75) is 33.2 Å². The molecule has 2 heterocycles. The van der Waals surface area contributed by atoms with Crippen LogP contribution in [-0.2, 0) is 4.79 Å². The third kappa shape index (κ3) is 3.80. The lowest BCUT2D eigenvalue weighted by molar-refractivity contribution is -0.120. The molecule has 20 heavy (non-hydrogen) atoms. The van der Waals surface area contributed by atoms with Gasteiger partial charge in [0.1, 0.15) is 10.6 Å². The molecule has 2 N–H and O–H groups in total. The number of amides is 1. The molecule has 0 saturated heterocycles. The van der Waals surface area contributed by atoms with Gasteiger partial charge in [-0.25, -0.2) is 9.97 Å². The molecule has 0 saturated carbocycles. The Bertz CT molecular complexity index is 648. The van der Waals surface area contributed by atoms with Gasteiger partial charge in [-0.3, -0.25) is 4.79 Å². The van der Waals surface area contributed by atoms with E-state index in [1.165, 1.54) is 0 Å². The number of anilines is 1. The predicted octanol–water partition coefficient (Wildman–Crippen LogP) is 2.98. The first-order valence-electron chi connectivity index (χ1n) is 6.23. The second-order valence-electron chi connectivity index (χ2n) is 5.57. The highest BCUT2D eigenvalue weighted by atomic mass is 35.5. The maximum atomic E-state index is 11.8. The smallest absolute Gasteiger partial charge is 0.239 e. The van der Waals surface area contributed by atoms with Gasteiger partial charge >= 0.3 is 0 Å². The fourth-order valence-corrected chi connectivity index (χ4v) is 2.88. The van der Waals surface area contributed by atoms with Crippen molar-refractivity contribution >= 4 is 44.9 Å². The Morgan fingerprint density at radius 2 is 2.10 bits per heavy atom. The summed E-state index contributed by atoms with van der Waals surface area (Å²) >= 11 is 7.45. The third-order valence-electron chi connectivity index (χ3n) is 2.42. The number of nitrogens with one attached hydrogen (secondary N) is 2. The topological polar surface area (TPSA) is 66.9 Å². The lowest BCUT2D eigenvalue weighted by atomic mass is 10.1. The van der Waals surface area contributed by atoms with E-state index in [0.717, 1.165) is 15.1 Å². The van der Waals surface area contributed by atoms with Gasteiger partial charge in [-0.15, -0.1) is 11.3 Å². The highest BCUT2D eigenvalue weighted by Crippen LogP contribution is 2.29. The number of hydrogen-bond donors (Lipinski definition) is 2. The third-order valence-corrected chi connectivity index (χ3v) is 3.53. The SMILES string of the molecule is Cc1cc2c(NCC(=O)NC(C)(C)C)nc(Cl)nc2s1. The van der Waals surface area contributed by atoms with E-state index in [1.54, 1.807) is 11.3 Å². The summed E-state index contributed by atoms with van der Waals surface area (Å²) in [6.07, 6.45) is 0. The van der Waals surface area contributed by atoms with Gasteiger partial charge < -0.3 is 10.6 Å². The van der Waals surface area contributed by atoms with Gasteiger partial charge in [0, 0.05) is 10.4 Å². The van der Waals surface area contributed by atoms with Gasteiger partial charge in [0.25, 0.3) is 0 Å². The number of nitrogens with zero attached hydrogens (tertiary/aromatic N) is 2. The summed E-state index contributed by atoms with van der Waals surface area (Å²) in [5, 5.41) is 6.97. The monoisotopic (exact) mass is 312 g/mol. The van der Waals surface area contributed by atoms with E-state index < -0.39 is 0 Å². The first-order chi connectivity index (χ1) is 9.24. The molecule has 0 radical (unpaired) electrons. The Balaban J connectivity index is 2.15. The van der Waals surface area contributed by atoms with Gasteiger partial charge in [-0.05, 0) is 45.4 Å². The first-order valence-corrected chi connectivity index (χ1v) is 7.42. The fraction of sp³-hybridized carbons (Fsp3) is 0.462. The number of hydrogen-bond acceptors (Lipinski definition) is 5. The van der Waals surface area contributed by atoms with Gasteiger partial charge in [-0.2, -0.15) is 0 Å². The molecule has 0 aliphatic carbocycles. The van der Waals surface area contributed by atoms with Crippen LogP contribution >= 0.6 is 22.9 Å². The number of fused-ring (bicyclic) bond motifs is 1. The Kier molecular flexibility index (Phi) is 4.15. The molecule has 1 amide bonds. The minimum atomic E-state index is -0.254. The average molecular weight is 313 g/mol. The molecule has 2 aromatic rings. The van der Waals surface area contributed by atoms with Crippen LogP contribution in [-0.4, -0.2) is 28.0 Å². The van der Waals surface area contributed by atoms with Crippen LogP contribution < -0.4 is 10.6 Å². The number of carbonyl (C=O) groups excluding carboxylic acids is 1. The van der Waals surface area contributed by atoms with Gasteiger partial charge in [0.15, 0.2) is 0 Å². The maximum Gasteiger partial charge on any atom is 0.239 e. The lowest BCUT2D eigenvalue weighted by Gasteiger charge is -2.20. The van der Waals surface area contributed by atoms with Crippen molar-refractivity contribution in [1.82, 2.24) is 15.3 Å². The summed E-state index contributed by atoms with van der Waals surface area (Å²) in [5.41, 5.74) is -0.254. The number of aromatic nitrogens is 2. The van der Waals surface area contributed by atoms with Crippen molar-refractivity contribution in [2.75, 3.05) is 11.9 Å². The first kappa shape index (κ1) is 15.0. The molecule has 0 aliphatic heterocycles. The van der Waals surface area contributed by atoms with Gasteiger partial charge in [0.05, 0.1) is 11.9 Å². The van der Waals surface area contributed by atoms with E-state index in [0.29, 0.717) is 5.82 Å². The van der Waals surface area contributed by atoms with Crippen LogP contribution in [0.4, 0.5) is 5.82 Å². The largest absolute Gasteiger partial charge is 0.360 e. The van der Waals surface area contributed by atoms with E-state index in [2.05, 4.69) is 20.6 Å². The molecule has 2 rings (SSSR count). The van der Waals surface area contributed by atoms with Crippen molar-refractivity contribution in [1.29, 1.82) is 0 Å². The second kappa shape index (κ2) is 5.54. The minimum Gasteiger partial charge on any atom is -0.360 e. The fourth-order valence-electron chi connectivity index (χ4n) is 1.78. The zero-order chi connectivity index (χ0) is 14.9. The van der Waals surface area contributed by atoms with Crippen LogP contribution in [0.15, 0.2) is 6.07 Å². The molecule has 0 aromatic carbocycles. The molecular formula is C13H17ClN4OS. The number of rotatable bonds is 3. The average Bonchev–Trinajstić information content (AvgIpc) is 2.63. The van der Waals surface area contributed by atoms with E-state index in [1.807, 2.05) is 33.8 Å².